The Morgan fingerprint density at radius 3 is 2.67 bits per heavy atom. The van der Waals surface area contributed by atoms with Crippen LogP contribution in [-0.2, 0) is 4.79 Å². The molecule has 0 aliphatic heterocycles. The van der Waals surface area contributed by atoms with Crippen LogP contribution >= 0.6 is 11.6 Å². The Labute approximate surface area is 113 Å². The summed E-state index contributed by atoms with van der Waals surface area (Å²) < 4.78 is 0. The zero-order chi connectivity index (χ0) is 13.7. The fourth-order valence-corrected chi connectivity index (χ4v) is 1.83. The fraction of sp³-hybridized carbons (Fsp3) is 0.462. The SMILES string of the molecule is CNCC(C)C(=O)Nc1cc(Cl)ccc1N(C)C. The normalized spacial score (nSPS) is 12.1. The van der Waals surface area contributed by atoms with Crippen LogP contribution in [0.2, 0.25) is 5.02 Å². The Balaban J connectivity index is 2.89. The maximum Gasteiger partial charge on any atom is 0.228 e. The minimum atomic E-state index is -0.0935. The van der Waals surface area contributed by atoms with Gasteiger partial charge in [-0.1, -0.05) is 18.5 Å². The summed E-state index contributed by atoms with van der Waals surface area (Å²) >= 11 is 5.96. The van der Waals surface area contributed by atoms with Crippen molar-refractivity contribution in [3.63, 3.8) is 0 Å². The minimum absolute atomic E-state index is 0.0188. The molecule has 0 saturated carbocycles. The molecular formula is C13H20ClN3O. The van der Waals surface area contributed by atoms with Gasteiger partial charge in [-0.25, -0.2) is 0 Å². The first-order chi connectivity index (χ1) is 8.45. The van der Waals surface area contributed by atoms with Gasteiger partial charge in [-0.05, 0) is 25.2 Å². The highest BCUT2D eigenvalue weighted by molar-refractivity contribution is 6.31. The largest absolute Gasteiger partial charge is 0.376 e. The highest BCUT2D eigenvalue weighted by Gasteiger charge is 2.14. The third-order valence-corrected chi connectivity index (χ3v) is 2.89. The molecule has 0 bridgehead atoms. The molecule has 0 spiro atoms. The van der Waals surface area contributed by atoms with Gasteiger partial charge in [0.1, 0.15) is 0 Å². The van der Waals surface area contributed by atoms with Gasteiger partial charge in [-0.3, -0.25) is 4.79 Å². The van der Waals surface area contributed by atoms with Gasteiger partial charge >= 0.3 is 0 Å². The van der Waals surface area contributed by atoms with E-state index in [1.54, 1.807) is 6.07 Å². The first-order valence-corrected chi connectivity index (χ1v) is 6.25. The zero-order valence-electron chi connectivity index (χ0n) is 11.2. The van der Waals surface area contributed by atoms with Crippen molar-refractivity contribution >= 4 is 28.9 Å². The van der Waals surface area contributed by atoms with Gasteiger partial charge in [-0.15, -0.1) is 0 Å². The molecule has 0 fully saturated rings. The highest BCUT2D eigenvalue weighted by Crippen LogP contribution is 2.28. The van der Waals surface area contributed by atoms with Crippen LogP contribution in [0, 0.1) is 5.92 Å². The molecule has 0 radical (unpaired) electrons. The summed E-state index contributed by atoms with van der Waals surface area (Å²) in [6.07, 6.45) is 0. The third kappa shape index (κ3) is 3.89. The van der Waals surface area contributed by atoms with E-state index in [2.05, 4.69) is 10.6 Å². The first kappa shape index (κ1) is 14.8. The van der Waals surface area contributed by atoms with Crippen molar-refractivity contribution in [3.8, 4) is 0 Å². The van der Waals surface area contributed by atoms with Gasteiger partial charge in [0.25, 0.3) is 0 Å². The third-order valence-electron chi connectivity index (χ3n) is 2.66. The van der Waals surface area contributed by atoms with Crippen LogP contribution in [0.4, 0.5) is 11.4 Å². The predicted octanol–water partition coefficient (Wildman–Crippen LogP) is 2.20. The minimum Gasteiger partial charge on any atom is -0.376 e. The average molecular weight is 270 g/mol. The second kappa shape index (κ2) is 6.61. The van der Waals surface area contributed by atoms with Crippen molar-refractivity contribution in [3.05, 3.63) is 23.2 Å². The molecule has 100 valence electrons. The number of hydrogen-bond donors (Lipinski definition) is 2. The standard InChI is InChI=1S/C13H20ClN3O/c1-9(8-15-2)13(18)16-11-7-10(14)5-6-12(11)17(3)4/h5-7,9,15H,8H2,1-4H3,(H,16,18). The molecule has 0 saturated heterocycles. The summed E-state index contributed by atoms with van der Waals surface area (Å²) in [6, 6.07) is 5.46. The van der Waals surface area contributed by atoms with Crippen molar-refractivity contribution in [2.75, 3.05) is 37.9 Å². The van der Waals surface area contributed by atoms with E-state index in [1.165, 1.54) is 0 Å². The second-order valence-electron chi connectivity index (χ2n) is 4.50. The lowest BCUT2D eigenvalue weighted by Crippen LogP contribution is -2.29. The molecule has 1 amide bonds. The van der Waals surface area contributed by atoms with E-state index in [1.807, 2.05) is 45.1 Å². The molecule has 1 atom stereocenters. The summed E-state index contributed by atoms with van der Waals surface area (Å²) in [7, 11) is 5.68. The van der Waals surface area contributed by atoms with Crippen molar-refractivity contribution in [1.29, 1.82) is 0 Å². The predicted molar refractivity (Wildman–Crippen MR) is 77.5 cm³/mol. The van der Waals surface area contributed by atoms with Crippen molar-refractivity contribution < 1.29 is 4.79 Å². The molecule has 4 nitrogen and oxygen atoms in total. The summed E-state index contributed by atoms with van der Waals surface area (Å²) in [5.41, 5.74) is 1.67. The van der Waals surface area contributed by atoms with E-state index in [0.717, 1.165) is 11.4 Å². The Hall–Kier alpha value is -1.26. The molecule has 0 aliphatic rings. The molecule has 1 rings (SSSR count). The molecule has 5 heteroatoms. The number of carbonyl (C=O) groups is 1. The number of hydrogen-bond acceptors (Lipinski definition) is 3. The maximum absolute atomic E-state index is 12.0. The van der Waals surface area contributed by atoms with E-state index >= 15 is 0 Å². The number of amides is 1. The zero-order valence-corrected chi connectivity index (χ0v) is 12.0. The lowest BCUT2D eigenvalue weighted by Gasteiger charge is -2.19. The summed E-state index contributed by atoms with van der Waals surface area (Å²) in [6.45, 7) is 2.52. The number of anilines is 2. The van der Waals surface area contributed by atoms with Gasteiger partial charge in [0.05, 0.1) is 11.4 Å². The van der Waals surface area contributed by atoms with Crippen LogP contribution in [0.15, 0.2) is 18.2 Å². The number of nitrogens with zero attached hydrogens (tertiary/aromatic N) is 1. The Morgan fingerprint density at radius 1 is 1.44 bits per heavy atom. The number of benzene rings is 1. The number of nitrogens with one attached hydrogen (secondary N) is 2. The van der Waals surface area contributed by atoms with E-state index < -0.39 is 0 Å². The molecule has 1 unspecified atom stereocenters. The summed E-state index contributed by atoms with van der Waals surface area (Å²) in [4.78, 5) is 13.9. The van der Waals surface area contributed by atoms with Gasteiger partial charge in [0.2, 0.25) is 5.91 Å². The molecule has 1 aromatic carbocycles. The van der Waals surface area contributed by atoms with Crippen LogP contribution < -0.4 is 15.5 Å². The van der Waals surface area contributed by atoms with Crippen LogP contribution in [0.3, 0.4) is 0 Å². The van der Waals surface area contributed by atoms with E-state index in [4.69, 9.17) is 11.6 Å². The van der Waals surface area contributed by atoms with Crippen molar-refractivity contribution in [2.24, 2.45) is 5.92 Å². The van der Waals surface area contributed by atoms with Gasteiger partial charge < -0.3 is 15.5 Å². The lowest BCUT2D eigenvalue weighted by molar-refractivity contribution is -0.119. The maximum atomic E-state index is 12.0. The summed E-state index contributed by atoms with van der Waals surface area (Å²) in [5, 5.41) is 6.51. The molecule has 2 N–H and O–H groups in total. The quantitative estimate of drug-likeness (QED) is 0.861. The van der Waals surface area contributed by atoms with Crippen LogP contribution in [0.5, 0.6) is 0 Å². The number of rotatable bonds is 5. The molecule has 0 aromatic heterocycles. The second-order valence-corrected chi connectivity index (χ2v) is 4.94. The summed E-state index contributed by atoms with van der Waals surface area (Å²) in [5.74, 6) is -0.112. The highest BCUT2D eigenvalue weighted by atomic mass is 35.5. The van der Waals surface area contributed by atoms with Crippen LogP contribution in [0.25, 0.3) is 0 Å². The van der Waals surface area contributed by atoms with Crippen molar-refractivity contribution in [1.82, 2.24) is 5.32 Å². The van der Waals surface area contributed by atoms with E-state index in [-0.39, 0.29) is 11.8 Å². The van der Waals surface area contributed by atoms with Crippen molar-refractivity contribution in [2.45, 2.75) is 6.92 Å². The topological polar surface area (TPSA) is 44.4 Å². The van der Waals surface area contributed by atoms with Gasteiger partial charge in [0.15, 0.2) is 0 Å². The van der Waals surface area contributed by atoms with Gasteiger partial charge in [0, 0.05) is 31.6 Å². The van der Waals surface area contributed by atoms with E-state index in [9.17, 15) is 4.79 Å². The molecule has 1 aromatic rings. The lowest BCUT2D eigenvalue weighted by atomic mass is 10.1. The molecule has 18 heavy (non-hydrogen) atoms. The fourth-order valence-electron chi connectivity index (χ4n) is 1.65. The molecule has 0 aliphatic carbocycles. The molecule has 0 heterocycles. The average Bonchev–Trinajstić information content (AvgIpc) is 2.28. The smallest absolute Gasteiger partial charge is 0.228 e. The molecular weight excluding hydrogens is 250 g/mol. The first-order valence-electron chi connectivity index (χ1n) is 5.88. The Bertz CT molecular complexity index is 421. The number of halogens is 1. The number of carbonyl (C=O) groups excluding carboxylic acids is 1. The monoisotopic (exact) mass is 269 g/mol. The Morgan fingerprint density at radius 2 is 2.11 bits per heavy atom. The van der Waals surface area contributed by atoms with Gasteiger partial charge in [-0.2, -0.15) is 0 Å². The van der Waals surface area contributed by atoms with E-state index in [0.29, 0.717) is 11.6 Å². The Kier molecular flexibility index (Phi) is 5.44. The van der Waals surface area contributed by atoms with Crippen LogP contribution in [0.1, 0.15) is 6.92 Å². The van der Waals surface area contributed by atoms with Crippen LogP contribution in [-0.4, -0.2) is 33.6 Å².